The van der Waals surface area contributed by atoms with Gasteiger partial charge in [-0.2, -0.15) is 0 Å². The summed E-state index contributed by atoms with van der Waals surface area (Å²) < 4.78 is 0.803. The van der Waals surface area contributed by atoms with Crippen LogP contribution in [0.3, 0.4) is 0 Å². The van der Waals surface area contributed by atoms with E-state index in [0.29, 0.717) is 0 Å². The Morgan fingerprint density at radius 3 is 1.42 bits per heavy atom. The van der Waals surface area contributed by atoms with E-state index in [9.17, 15) is 9.90 Å². The molecule has 1 N–H and O–H groups in total. The van der Waals surface area contributed by atoms with Gasteiger partial charge in [-0.3, -0.25) is 0 Å². The van der Waals surface area contributed by atoms with Gasteiger partial charge in [0.05, 0.1) is 0 Å². The third kappa shape index (κ3) is 3.78. The predicted octanol–water partition coefficient (Wildman–Crippen LogP) is 5.13. The molecule has 0 radical (unpaired) electrons. The Balaban J connectivity index is 1.92. The highest BCUT2D eigenvalue weighted by Crippen LogP contribution is 2.56. The zero-order chi connectivity index (χ0) is 22.7. The van der Waals surface area contributed by atoms with E-state index < -0.39 is 13.2 Å². The molecule has 0 aliphatic heterocycles. The molecule has 0 unspecified atom stereocenters. The summed E-state index contributed by atoms with van der Waals surface area (Å²) >= 11 is 1.49. The average Bonchev–Trinajstić information content (AvgIpc) is 3.33. The second-order valence-corrected chi connectivity index (χ2v) is 12.2. The fourth-order valence-corrected chi connectivity index (χ4v) is 10.6. The molecule has 160 valence electrons. The third-order valence-electron chi connectivity index (χ3n) is 5.57. The highest BCUT2D eigenvalue weighted by atomic mass is 32.1. The maximum atomic E-state index is 12.6. The highest BCUT2D eigenvalue weighted by molar-refractivity contribution is 8.04. The van der Waals surface area contributed by atoms with Gasteiger partial charge in [0, 0.05) is 5.56 Å². The minimum Gasteiger partial charge on any atom is -0.476 e. The molecule has 0 saturated heterocycles. The Bertz CT molecular complexity index is 1270. The lowest BCUT2D eigenvalue weighted by Crippen LogP contribution is -2.39. The maximum absolute atomic E-state index is 12.6. The zero-order valence-electron chi connectivity index (χ0n) is 17.7. The Morgan fingerprint density at radius 2 is 1.03 bits per heavy atom. The lowest BCUT2D eigenvalue weighted by Gasteiger charge is -2.26. The van der Waals surface area contributed by atoms with Crippen molar-refractivity contribution in [1.82, 2.24) is 4.98 Å². The summed E-state index contributed by atoms with van der Waals surface area (Å²) in [6.45, 7) is 0. The molecule has 5 aromatic rings. The van der Waals surface area contributed by atoms with E-state index in [1.54, 1.807) is 0 Å². The van der Waals surface area contributed by atoms with Crippen LogP contribution in [0.5, 0.6) is 0 Å². The van der Waals surface area contributed by atoms with Crippen LogP contribution in [0.2, 0.25) is 0 Å². The molecule has 4 aromatic carbocycles. The van der Waals surface area contributed by atoms with Gasteiger partial charge in [0.25, 0.3) is 0 Å². The van der Waals surface area contributed by atoms with E-state index in [1.807, 2.05) is 84.9 Å². The number of carbonyl (C=O) groups is 1. The van der Waals surface area contributed by atoms with Crippen LogP contribution >= 0.6 is 18.6 Å². The van der Waals surface area contributed by atoms with Gasteiger partial charge >= 0.3 is 5.97 Å². The van der Waals surface area contributed by atoms with Crippen molar-refractivity contribution in [3.8, 4) is 10.6 Å². The van der Waals surface area contributed by atoms with Crippen LogP contribution in [0.15, 0.2) is 121 Å². The Labute approximate surface area is 197 Å². The predicted molar refractivity (Wildman–Crippen MR) is 139 cm³/mol. The number of hydrogen-bond donors (Lipinski definition) is 1. The van der Waals surface area contributed by atoms with Gasteiger partial charge in [0.1, 0.15) is 20.9 Å². The third-order valence-corrected chi connectivity index (χ3v) is 11.6. The second-order valence-electron chi connectivity index (χ2n) is 7.52. The molecule has 0 aliphatic carbocycles. The van der Waals surface area contributed by atoms with Gasteiger partial charge in [0.2, 0.25) is 5.69 Å². The average molecular weight is 467 g/mol. The van der Waals surface area contributed by atoms with E-state index in [1.165, 1.54) is 11.3 Å². The summed E-state index contributed by atoms with van der Waals surface area (Å²) in [7, 11) is -2.52. The SMILES string of the molecule is O=C(O)c1nc(-c2ccccc2)sc1[P+](c1ccccc1)(c1ccccc1)c1ccccc1. The monoisotopic (exact) mass is 466 g/mol. The fourth-order valence-electron chi connectivity index (χ4n) is 4.14. The molecule has 0 bridgehead atoms. The van der Waals surface area contributed by atoms with E-state index in [4.69, 9.17) is 0 Å². The topological polar surface area (TPSA) is 50.2 Å². The smallest absolute Gasteiger partial charge is 0.359 e. The lowest BCUT2D eigenvalue weighted by molar-refractivity contribution is 0.0693. The molecule has 33 heavy (non-hydrogen) atoms. The first-order chi connectivity index (χ1) is 16.2. The number of benzene rings is 4. The van der Waals surface area contributed by atoms with Crippen LogP contribution in [0.4, 0.5) is 0 Å². The van der Waals surface area contributed by atoms with Crippen LogP contribution in [-0.2, 0) is 0 Å². The number of hydrogen-bond acceptors (Lipinski definition) is 3. The van der Waals surface area contributed by atoms with Gasteiger partial charge in [-0.05, 0) is 36.4 Å². The number of carboxylic acids is 1. The number of thiazole rings is 1. The molecule has 0 spiro atoms. The molecule has 1 aromatic heterocycles. The van der Waals surface area contributed by atoms with Crippen LogP contribution in [0, 0.1) is 0 Å². The van der Waals surface area contributed by atoms with Crippen LogP contribution < -0.4 is 20.5 Å². The van der Waals surface area contributed by atoms with E-state index in [2.05, 4.69) is 41.4 Å². The van der Waals surface area contributed by atoms with Crippen molar-refractivity contribution in [3.63, 3.8) is 0 Å². The number of aromatic nitrogens is 1. The van der Waals surface area contributed by atoms with Gasteiger partial charge in [-0.1, -0.05) is 96.3 Å². The minimum atomic E-state index is -2.52. The van der Waals surface area contributed by atoms with Gasteiger partial charge in [0.15, 0.2) is 11.9 Å². The van der Waals surface area contributed by atoms with Crippen molar-refractivity contribution >= 4 is 45.1 Å². The van der Waals surface area contributed by atoms with Gasteiger partial charge in [-0.15, -0.1) is 0 Å². The molecule has 0 atom stereocenters. The van der Waals surface area contributed by atoms with E-state index in [0.717, 1.165) is 31.1 Å². The Hall–Kier alpha value is -3.59. The van der Waals surface area contributed by atoms with Gasteiger partial charge < -0.3 is 5.11 Å². The normalized spacial score (nSPS) is 11.3. The van der Waals surface area contributed by atoms with Crippen molar-refractivity contribution in [2.45, 2.75) is 0 Å². The van der Waals surface area contributed by atoms with E-state index in [-0.39, 0.29) is 5.69 Å². The quantitative estimate of drug-likeness (QED) is 0.353. The fraction of sp³-hybridized carbons (Fsp3) is 0. The van der Waals surface area contributed by atoms with Crippen LogP contribution in [0.25, 0.3) is 10.6 Å². The van der Waals surface area contributed by atoms with Crippen molar-refractivity contribution in [1.29, 1.82) is 0 Å². The Kier molecular flexibility index (Phi) is 5.87. The molecule has 5 rings (SSSR count). The first kappa shape index (κ1) is 21.3. The summed E-state index contributed by atoms with van der Waals surface area (Å²) in [4.78, 5) is 17.2. The number of nitrogens with zero attached hydrogens (tertiary/aromatic N) is 1. The molecule has 1 heterocycles. The summed E-state index contributed by atoms with van der Waals surface area (Å²) in [6, 6.07) is 40.6. The first-order valence-electron chi connectivity index (χ1n) is 10.6. The van der Waals surface area contributed by atoms with Crippen molar-refractivity contribution in [2.75, 3.05) is 0 Å². The molecular formula is C28H21NO2PS+. The maximum Gasteiger partial charge on any atom is 0.359 e. The van der Waals surface area contributed by atoms with E-state index >= 15 is 0 Å². The molecule has 3 nitrogen and oxygen atoms in total. The highest BCUT2D eigenvalue weighted by Gasteiger charge is 2.52. The molecular weight excluding hydrogens is 445 g/mol. The Morgan fingerprint density at radius 1 is 0.636 bits per heavy atom. The summed E-state index contributed by atoms with van der Waals surface area (Å²) in [6.07, 6.45) is 0. The molecule has 5 heteroatoms. The van der Waals surface area contributed by atoms with Crippen molar-refractivity contribution in [3.05, 3.63) is 127 Å². The van der Waals surface area contributed by atoms with Gasteiger partial charge in [-0.25, -0.2) is 9.78 Å². The van der Waals surface area contributed by atoms with Crippen LogP contribution in [0.1, 0.15) is 10.5 Å². The molecule has 0 aliphatic rings. The summed E-state index contributed by atoms with van der Waals surface area (Å²) in [5.41, 5.74) is 1.05. The number of carboxylic acid groups (broad SMARTS) is 1. The van der Waals surface area contributed by atoms with Crippen molar-refractivity contribution < 1.29 is 9.90 Å². The zero-order valence-corrected chi connectivity index (χ0v) is 19.4. The minimum absolute atomic E-state index is 0.128. The molecule has 0 fully saturated rings. The summed E-state index contributed by atoms with van der Waals surface area (Å²) in [5, 5.41) is 14.3. The summed E-state index contributed by atoms with van der Waals surface area (Å²) in [5.74, 6) is -1.00. The number of rotatable bonds is 6. The second kappa shape index (κ2) is 9.11. The number of aromatic carboxylic acids is 1. The largest absolute Gasteiger partial charge is 0.476 e. The lowest BCUT2D eigenvalue weighted by atomic mass is 10.2. The first-order valence-corrected chi connectivity index (χ1v) is 13.2. The van der Waals surface area contributed by atoms with Crippen LogP contribution in [-0.4, -0.2) is 16.1 Å². The van der Waals surface area contributed by atoms with Crippen molar-refractivity contribution in [2.24, 2.45) is 0 Å². The molecule has 0 saturated carbocycles. The standard InChI is InChI=1S/C28H20NO2PS/c30-27(31)25-28(33-26(29-25)21-13-5-1-6-14-21)32(22-15-7-2-8-16-22,23-17-9-3-10-18-23)24-19-11-4-12-20-24/h1-20H/p+1. The molecule has 0 amide bonds.